The number of hydrogen-bond donors (Lipinski definition) is 2. The van der Waals surface area contributed by atoms with Crippen molar-refractivity contribution in [2.24, 2.45) is 5.92 Å². The zero-order valence-corrected chi connectivity index (χ0v) is 20.3. The van der Waals surface area contributed by atoms with Crippen LogP contribution in [0.4, 0.5) is 10.5 Å². The summed E-state index contributed by atoms with van der Waals surface area (Å²) in [4.78, 5) is 33.3. The fraction of sp³-hybridized carbons (Fsp3) is 0.391. The van der Waals surface area contributed by atoms with Gasteiger partial charge in [0, 0.05) is 23.4 Å². The molecule has 172 valence electrons. The number of aryl methyl sites for hydroxylation is 1. The molecule has 0 unspecified atom stereocenters. The van der Waals surface area contributed by atoms with Crippen LogP contribution < -0.4 is 15.8 Å². The van der Waals surface area contributed by atoms with Crippen molar-refractivity contribution in [1.29, 1.82) is 0 Å². The van der Waals surface area contributed by atoms with Crippen molar-refractivity contribution in [3.05, 3.63) is 58.6 Å². The van der Waals surface area contributed by atoms with Crippen LogP contribution in [0.1, 0.15) is 31.9 Å². The second-order valence-electron chi connectivity index (χ2n) is 8.02. The summed E-state index contributed by atoms with van der Waals surface area (Å²) in [5.74, 6) is 0.465. The average Bonchev–Trinajstić information content (AvgIpc) is 3.16. The van der Waals surface area contributed by atoms with E-state index in [0.717, 1.165) is 21.7 Å². The van der Waals surface area contributed by atoms with Crippen molar-refractivity contribution < 1.29 is 14.4 Å². The van der Waals surface area contributed by atoms with Gasteiger partial charge in [-0.15, -0.1) is 11.8 Å². The molecule has 0 saturated heterocycles. The molecule has 0 fully saturated rings. The van der Waals surface area contributed by atoms with E-state index in [1.807, 2.05) is 57.2 Å². The van der Waals surface area contributed by atoms with E-state index in [9.17, 15) is 9.59 Å². The monoisotopic (exact) mass is 476 g/mol. The van der Waals surface area contributed by atoms with Crippen LogP contribution in [0.5, 0.6) is 0 Å². The minimum Gasteiger partial charge on any atom is -0.282 e. The molecule has 1 atom stereocenters. The van der Waals surface area contributed by atoms with Gasteiger partial charge in [0.1, 0.15) is 0 Å². The van der Waals surface area contributed by atoms with Crippen LogP contribution in [-0.2, 0) is 16.2 Å². The first-order valence-electron chi connectivity index (χ1n) is 10.5. The largest absolute Gasteiger partial charge is 0.346 e. The number of amides is 3. The summed E-state index contributed by atoms with van der Waals surface area (Å²) in [7, 11) is 0. The Morgan fingerprint density at radius 3 is 2.69 bits per heavy atom. The number of carbonyl (C=O) groups excluding carboxylic acids is 2. The number of carbonyl (C=O) groups is 2. The second kappa shape index (κ2) is 11.0. The maximum absolute atomic E-state index is 12.7. The van der Waals surface area contributed by atoms with E-state index in [0.29, 0.717) is 17.4 Å². The molecular formula is C23H29ClN4O3S. The fourth-order valence-electron chi connectivity index (χ4n) is 3.41. The SMILES string of the molecule is CC(=O)N(NCc1ccccc1Cl)[C@H](CONC(=O)N1CSc2cc(C)ccc21)C(C)C. The molecule has 2 aromatic rings. The average molecular weight is 477 g/mol. The Kier molecular flexibility index (Phi) is 8.42. The molecule has 0 bridgehead atoms. The van der Waals surface area contributed by atoms with Crippen LogP contribution in [0.3, 0.4) is 0 Å². The van der Waals surface area contributed by atoms with E-state index >= 15 is 0 Å². The molecule has 0 aliphatic carbocycles. The topological polar surface area (TPSA) is 73.9 Å². The number of hydrogen-bond acceptors (Lipinski definition) is 5. The lowest BCUT2D eigenvalue weighted by atomic mass is 10.0. The summed E-state index contributed by atoms with van der Waals surface area (Å²) in [6, 6.07) is 12.8. The molecule has 1 aliphatic rings. The first-order valence-corrected chi connectivity index (χ1v) is 11.8. The number of hydroxylamine groups is 1. The highest BCUT2D eigenvalue weighted by molar-refractivity contribution is 8.00. The highest BCUT2D eigenvalue weighted by Gasteiger charge is 2.28. The lowest BCUT2D eigenvalue weighted by molar-refractivity contribution is -0.139. The molecule has 3 amide bonds. The van der Waals surface area contributed by atoms with Crippen LogP contribution in [0.2, 0.25) is 5.02 Å². The Labute approximate surface area is 198 Å². The summed E-state index contributed by atoms with van der Waals surface area (Å²) in [5, 5.41) is 2.18. The molecule has 2 N–H and O–H groups in total. The smallest absolute Gasteiger partial charge is 0.282 e. The number of nitrogens with one attached hydrogen (secondary N) is 2. The molecule has 3 rings (SSSR count). The van der Waals surface area contributed by atoms with E-state index < -0.39 is 0 Å². The summed E-state index contributed by atoms with van der Waals surface area (Å²) < 4.78 is 0. The number of nitrogens with zero attached hydrogens (tertiary/aromatic N) is 2. The van der Waals surface area contributed by atoms with Gasteiger partial charge in [0.15, 0.2) is 0 Å². The predicted octanol–water partition coefficient (Wildman–Crippen LogP) is 4.74. The number of urea groups is 1. The van der Waals surface area contributed by atoms with Gasteiger partial charge in [-0.2, -0.15) is 0 Å². The molecule has 7 nitrogen and oxygen atoms in total. The minimum absolute atomic E-state index is 0.0839. The Bertz CT molecular complexity index is 972. The molecule has 1 aliphatic heterocycles. The molecule has 0 spiro atoms. The molecule has 2 aromatic carbocycles. The molecule has 32 heavy (non-hydrogen) atoms. The fourth-order valence-corrected chi connectivity index (χ4v) is 4.74. The van der Waals surface area contributed by atoms with Crippen LogP contribution >= 0.6 is 23.4 Å². The minimum atomic E-state index is -0.332. The van der Waals surface area contributed by atoms with Crippen molar-refractivity contribution in [3.8, 4) is 0 Å². The summed E-state index contributed by atoms with van der Waals surface area (Å²) in [6.45, 7) is 8.06. The Hall–Kier alpha value is -2.26. The lowest BCUT2D eigenvalue weighted by Gasteiger charge is -2.34. The number of benzene rings is 2. The zero-order chi connectivity index (χ0) is 23.3. The third kappa shape index (κ3) is 5.95. The van der Waals surface area contributed by atoms with Gasteiger partial charge in [-0.25, -0.2) is 15.7 Å². The van der Waals surface area contributed by atoms with E-state index in [4.69, 9.17) is 16.4 Å². The third-order valence-corrected chi connectivity index (χ3v) is 6.65. The van der Waals surface area contributed by atoms with Crippen LogP contribution in [0, 0.1) is 12.8 Å². The van der Waals surface area contributed by atoms with Crippen molar-refractivity contribution in [3.63, 3.8) is 0 Å². The lowest BCUT2D eigenvalue weighted by Crippen LogP contribution is -2.53. The standard InChI is InChI=1S/C23H29ClN4O3S/c1-15(2)21(28(17(4)29)25-12-18-7-5-6-8-19(18)24)13-31-26-23(30)27-14-32-22-11-16(3)9-10-20(22)27/h5-11,15,21,25H,12-14H2,1-4H3,(H,26,30)/t21-/m1/s1. The molecule has 9 heteroatoms. The Morgan fingerprint density at radius 1 is 1.25 bits per heavy atom. The molecular weight excluding hydrogens is 448 g/mol. The highest BCUT2D eigenvalue weighted by atomic mass is 35.5. The number of thioether (sulfide) groups is 1. The molecule has 0 radical (unpaired) electrons. The maximum atomic E-state index is 12.7. The van der Waals surface area contributed by atoms with Gasteiger partial charge in [-0.1, -0.05) is 49.7 Å². The van der Waals surface area contributed by atoms with Gasteiger partial charge >= 0.3 is 6.03 Å². The van der Waals surface area contributed by atoms with Gasteiger partial charge in [-0.3, -0.25) is 19.5 Å². The molecule has 0 aromatic heterocycles. The number of anilines is 1. The van der Waals surface area contributed by atoms with E-state index in [-0.39, 0.29) is 30.5 Å². The van der Waals surface area contributed by atoms with Gasteiger partial charge in [0.05, 0.1) is 24.2 Å². The number of rotatable bonds is 8. The number of fused-ring (bicyclic) bond motifs is 1. The summed E-state index contributed by atoms with van der Waals surface area (Å²) in [5.41, 5.74) is 8.60. The van der Waals surface area contributed by atoms with Gasteiger partial charge in [0.25, 0.3) is 0 Å². The zero-order valence-electron chi connectivity index (χ0n) is 18.7. The summed E-state index contributed by atoms with van der Waals surface area (Å²) >= 11 is 7.85. The van der Waals surface area contributed by atoms with Crippen LogP contribution in [0.25, 0.3) is 0 Å². The molecule has 0 saturated carbocycles. The van der Waals surface area contributed by atoms with Gasteiger partial charge in [-0.05, 0) is 42.2 Å². The van der Waals surface area contributed by atoms with Crippen molar-refractivity contribution >= 4 is 41.0 Å². The van der Waals surface area contributed by atoms with E-state index in [1.165, 1.54) is 6.92 Å². The Morgan fingerprint density at radius 2 is 2.00 bits per heavy atom. The summed E-state index contributed by atoms with van der Waals surface area (Å²) in [6.07, 6.45) is 0. The second-order valence-corrected chi connectivity index (χ2v) is 9.41. The highest BCUT2D eigenvalue weighted by Crippen LogP contribution is 2.38. The van der Waals surface area contributed by atoms with Crippen molar-refractivity contribution in [2.45, 2.75) is 45.2 Å². The van der Waals surface area contributed by atoms with E-state index in [2.05, 4.69) is 17.0 Å². The quantitative estimate of drug-likeness (QED) is 0.538. The Balaban J connectivity index is 1.58. The normalized spacial score (nSPS) is 13.8. The van der Waals surface area contributed by atoms with Crippen molar-refractivity contribution in [2.75, 3.05) is 17.4 Å². The third-order valence-electron chi connectivity index (χ3n) is 5.25. The first kappa shape index (κ1) is 24.4. The number of halogens is 1. The van der Waals surface area contributed by atoms with Crippen LogP contribution in [-0.4, -0.2) is 35.5 Å². The van der Waals surface area contributed by atoms with E-state index in [1.54, 1.807) is 21.7 Å². The van der Waals surface area contributed by atoms with Gasteiger partial charge in [0.2, 0.25) is 5.91 Å². The number of hydrazine groups is 1. The predicted molar refractivity (Wildman–Crippen MR) is 128 cm³/mol. The van der Waals surface area contributed by atoms with Crippen molar-refractivity contribution in [1.82, 2.24) is 15.9 Å². The molecule has 1 heterocycles. The maximum Gasteiger partial charge on any atom is 0.346 e. The van der Waals surface area contributed by atoms with Crippen LogP contribution in [0.15, 0.2) is 47.4 Å². The first-order chi connectivity index (χ1) is 15.3. The van der Waals surface area contributed by atoms with Gasteiger partial charge < -0.3 is 0 Å².